The van der Waals surface area contributed by atoms with Crippen LogP contribution in [0.3, 0.4) is 0 Å². The van der Waals surface area contributed by atoms with Crippen LogP contribution in [0, 0.1) is 5.92 Å². The molecule has 0 unspecified atom stereocenters. The summed E-state index contributed by atoms with van der Waals surface area (Å²) in [6, 6.07) is 11.0. The van der Waals surface area contributed by atoms with E-state index in [2.05, 4.69) is 4.90 Å². The third-order valence-corrected chi connectivity index (χ3v) is 10.1. The zero-order chi connectivity index (χ0) is 24.8. The average Bonchev–Trinajstić information content (AvgIpc) is 3.59. The number of carbonyl (C=O) groups is 1. The number of amides is 1. The monoisotopic (exact) mass is 508 g/mol. The molecule has 7 rings (SSSR count). The van der Waals surface area contributed by atoms with Crippen molar-refractivity contribution in [2.24, 2.45) is 5.92 Å². The molecule has 1 saturated heterocycles. The first-order valence-corrected chi connectivity index (χ1v) is 13.7. The van der Waals surface area contributed by atoms with Crippen molar-refractivity contribution < 1.29 is 19.7 Å². The molecule has 6 nitrogen and oxygen atoms in total. The highest BCUT2D eigenvalue weighted by atomic mass is 35.5. The predicted molar refractivity (Wildman–Crippen MR) is 137 cm³/mol. The lowest BCUT2D eigenvalue weighted by Gasteiger charge is -2.64. The number of nitrogens with zero attached hydrogens (tertiary/aromatic N) is 2. The van der Waals surface area contributed by atoms with Gasteiger partial charge >= 0.3 is 0 Å². The van der Waals surface area contributed by atoms with Crippen molar-refractivity contribution in [1.82, 2.24) is 9.80 Å². The fraction of sp³-hybridized carbons (Fsp3) is 0.552. The summed E-state index contributed by atoms with van der Waals surface area (Å²) in [5.41, 5.74) is 1.50. The Bertz CT molecular complexity index is 1250. The molecule has 7 heteroatoms. The van der Waals surface area contributed by atoms with E-state index in [1.54, 1.807) is 6.07 Å². The Kier molecular flexibility index (Phi) is 5.00. The summed E-state index contributed by atoms with van der Waals surface area (Å²) >= 11 is 6.15. The molecule has 3 fully saturated rings. The fourth-order valence-corrected chi connectivity index (χ4v) is 8.20. The van der Waals surface area contributed by atoms with Crippen LogP contribution in [0.1, 0.15) is 48.8 Å². The lowest BCUT2D eigenvalue weighted by molar-refractivity contribution is -0.200. The molecule has 0 aromatic heterocycles. The first kappa shape index (κ1) is 22.9. The number of aromatic hydroxyl groups is 1. The Balaban J connectivity index is 1.26. The molecule has 1 spiro atoms. The molecule has 2 saturated carbocycles. The molecule has 2 aromatic rings. The van der Waals surface area contributed by atoms with Gasteiger partial charge in [0.25, 0.3) is 0 Å². The smallest absolute Gasteiger partial charge is 0.227 e. The Morgan fingerprint density at radius 3 is 2.83 bits per heavy atom. The van der Waals surface area contributed by atoms with Gasteiger partial charge in [-0.25, -0.2) is 0 Å². The van der Waals surface area contributed by atoms with Gasteiger partial charge < -0.3 is 19.8 Å². The normalized spacial score (nSPS) is 34.1. The fourth-order valence-electron chi connectivity index (χ4n) is 7.98. The van der Waals surface area contributed by atoms with E-state index in [9.17, 15) is 15.0 Å². The van der Waals surface area contributed by atoms with Crippen molar-refractivity contribution in [3.8, 4) is 11.5 Å². The summed E-state index contributed by atoms with van der Waals surface area (Å²) < 4.78 is 6.61. The van der Waals surface area contributed by atoms with Gasteiger partial charge in [0.1, 0.15) is 6.10 Å². The zero-order valence-corrected chi connectivity index (χ0v) is 21.4. The van der Waals surface area contributed by atoms with Crippen molar-refractivity contribution in [2.75, 3.05) is 20.1 Å². The van der Waals surface area contributed by atoms with Crippen LogP contribution in [0.2, 0.25) is 5.02 Å². The number of rotatable bonds is 5. The largest absolute Gasteiger partial charge is 0.504 e. The standard InChI is InChI=1S/C29H33ClN2O4/c1-31(24(34)14-18-3-2-4-20(30)13-18)21-9-10-29(35)23-15-19-7-8-22(33)26-25(19)28(29,27(21)36-26)11-12-32(23)16-17-5-6-17/h2-4,7-8,13,17,21,23,27,33,35H,5-6,9-12,14-16H2,1H3/t21-,23-,27+,28+,29-/m1/s1. The third kappa shape index (κ3) is 3.07. The first-order chi connectivity index (χ1) is 17.3. The lowest BCUT2D eigenvalue weighted by Crippen LogP contribution is -2.78. The Morgan fingerprint density at radius 2 is 2.06 bits per heavy atom. The van der Waals surface area contributed by atoms with E-state index in [-0.39, 0.29) is 30.2 Å². The summed E-state index contributed by atoms with van der Waals surface area (Å²) in [6.45, 7) is 1.96. The number of hydrogen-bond donors (Lipinski definition) is 2. The van der Waals surface area contributed by atoms with Gasteiger partial charge in [0.15, 0.2) is 11.5 Å². The molecular weight excluding hydrogens is 476 g/mol. The summed E-state index contributed by atoms with van der Waals surface area (Å²) in [4.78, 5) is 17.8. The van der Waals surface area contributed by atoms with Crippen molar-refractivity contribution in [3.05, 3.63) is 58.1 Å². The maximum atomic E-state index is 13.5. The molecule has 3 aliphatic carbocycles. The van der Waals surface area contributed by atoms with Gasteiger partial charge in [-0.3, -0.25) is 9.69 Å². The van der Waals surface area contributed by atoms with Crippen molar-refractivity contribution in [2.45, 2.75) is 74.1 Å². The number of likely N-dealkylation sites (N-methyl/N-ethyl adjacent to an activating group) is 1. The number of halogens is 1. The summed E-state index contributed by atoms with van der Waals surface area (Å²) in [5, 5.41) is 24.0. The number of phenolic OH excluding ortho intramolecular Hbond substituents is 1. The second-order valence-electron chi connectivity index (χ2n) is 11.7. The Labute approximate surface area is 216 Å². The molecule has 2 N–H and O–H groups in total. The molecule has 2 bridgehead atoms. The quantitative estimate of drug-likeness (QED) is 0.644. The molecule has 2 heterocycles. The Hall–Kier alpha value is -2.28. The number of likely N-dealkylation sites (tertiary alicyclic amines) is 1. The van der Waals surface area contributed by atoms with Crippen LogP contribution in [0.15, 0.2) is 36.4 Å². The molecule has 2 aliphatic heterocycles. The van der Waals surface area contributed by atoms with Crippen LogP contribution >= 0.6 is 11.6 Å². The second-order valence-corrected chi connectivity index (χ2v) is 12.1. The van der Waals surface area contributed by atoms with Crippen LogP contribution in [0.4, 0.5) is 0 Å². The molecule has 36 heavy (non-hydrogen) atoms. The van der Waals surface area contributed by atoms with Gasteiger partial charge in [0.2, 0.25) is 5.91 Å². The van der Waals surface area contributed by atoms with Gasteiger partial charge in [-0.1, -0.05) is 29.8 Å². The molecule has 5 aliphatic rings. The number of ether oxygens (including phenoxy) is 1. The van der Waals surface area contributed by atoms with E-state index in [1.165, 1.54) is 18.4 Å². The molecule has 1 amide bonds. The van der Waals surface area contributed by atoms with Crippen LogP contribution < -0.4 is 4.74 Å². The molecule has 190 valence electrons. The summed E-state index contributed by atoms with van der Waals surface area (Å²) in [6.07, 6.45) is 5.27. The lowest BCUT2D eigenvalue weighted by atomic mass is 9.48. The highest BCUT2D eigenvalue weighted by molar-refractivity contribution is 6.30. The van der Waals surface area contributed by atoms with Crippen LogP contribution in [0.5, 0.6) is 11.5 Å². The molecule has 5 atom stereocenters. The number of phenols is 1. The molecule has 2 aromatic carbocycles. The number of benzene rings is 2. The van der Waals surface area contributed by atoms with E-state index in [0.29, 0.717) is 23.6 Å². The maximum Gasteiger partial charge on any atom is 0.227 e. The van der Waals surface area contributed by atoms with E-state index in [0.717, 1.165) is 43.0 Å². The minimum Gasteiger partial charge on any atom is -0.504 e. The second kappa shape index (κ2) is 7.86. The molecule has 0 radical (unpaired) electrons. The minimum absolute atomic E-state index is 0.00615. The number of aliphatic hydroxyl groups is 1. The van der Waals surface area contributed by atoms with E-state index < -0.39 is 17.1 Å². The maximum absolute atomic E-state index is 13.5. The van der Waals surface area contributed by atoms with Gasteiger partial charge in [-0.05, 0) is 80.3 Å². The van der Waals surface area contributed by atoms with Crippen LogP contribution in [-0.4, -0.2) is 69.8 Å². The molecular formula is C29H33ClN2O4. The van der Waals surface area contributed by atoms with Gasteiger partial charge in [-0.2, -0.15) is 0 Å². The van der Waals surface area contributed by atoms with Gasteiger partial charge in [0.05, 0.1) is 23.5 Å². The SMILES string of the molecule is CN(C(=O)Cc1cccc(Cl)c1)[C@@H]1CC[C@@]2(O)[C@H]3Cc4ccc(O)c5c4[C@@]2(CCN3CC2CC2)[C@H]1O5. The minimum atomic E-state index is -0.940. The zero-order valence-electron chi connectivity index (χ0n) is 20.6. The first-order valence-electron chi connectivity index (χ1n) is 13.3. The highest BCUT2D eigenvalue weighted by Crippen LogP contribution is 2.66. The van der Waals surface area contributed by atoms with Crippen molar-refractivity contribution >= 4 is 17.5 Å². The van der Waals surface area contributed by atoms with Crippen LogP contribution in [-0.2, 0) is 23.1 Å². The number of hydrogen-bond acceptors (Lipinski definition) is 5. The highest BCUT2D eigenvalue weighted by Gasteiger charge is 2.73. The number of piperidine rings is 1. The third-order valence-electron chi connectivity index (χ3n) is 9.87. The van der Waals surface area contributed by atoms with Crippen LogP contribution in [0.25, 0.3) is 0 Å². The van der Waals surface area contributed by atoms with E-state index in [4.69, 9.17) is 16.3 Å². The van der Waals surface area contributed by atoms with Crippen molar-refractivity contribution in [3.63, 3.8) is 0 Å². The topological polar surface area (TPSA) is 73.2 Å². The van der Waals surface area contributed by atoms with E-state index >= 15 is 0 Å². The van der Waals surface area contributed by atoms with E-state index in [1.807, 2.05) is 42.3 Å². The average molecular weight is 509 g/mol. The van der Waals surface area contributed by atoms with Crippen molar-refractivity contribution in [1.29, 1.82) is 0 Å². The number of carbonyl (C=O) groups excluding carboxylic acids is 1. The summed E-state index contributed by atoms with van der Waals surface area (Å²) in [5.74, 6) is 1.41. The van der Waals surface area contributed by atoms with Gasteiger partial charge in [-0.15, -0.1) is 0 Å². The Morgan fingerprint density at radius 1 is 1.22 bits per heavy atom. The summed E-state index contributed by atoms with van der Waals surface area (Å²) in [7, 11) is 1.86. The van der Waals surface area contributed by atoms with Gasteiger partial charge in [0, 0.05) is 30.2 Å². The predicted octanol–water partition coefficient (Wildman–Crippen LogP) is 3.68.